The van der Waals surface area contributed by atoms with Crippen molar-refractivity contribution in [2.45, 2.75) is 52.4 Å². The van der Waals surface area contributed by atoms with Crippen LogP contribution in [0.4, 0.5) is 22.7 Å². The highest BCUT2D eigenvalue weighted by atomic mass is 28.3. The molecule has 10 aromatic carbocycles. The van der Waals surface area contributed by atoms with E-state index in [9.17, 15) is 0 Å². The highest BCUT2D eigenvalue weighted by Gasteiger charge is 2.50. The van der Waals surface area contributed by atoms with Crippen molar-refractivity contribution in [3.63, 3.8) is 0 Å². The molecule has 0 atom stereocenters. The van der Waals surface area contributed by atoms with E-state index in [4.69, 9.17) is 9.72 Å². The number of hydrogen-bond acceptors (Lipinski definition) is 4. The van der Waals surface area contributed by atoms with Crippen LogP contribution in [0.2, 0.25) is 0 Å². The second-order valence-corrected chi connectivity index (χ2v) is 27.3. The van der Waals surface area contributed by atoms with E-state index in [2.05, 4.69) is 305 Å². The van der Waals surface area contributed by atoms with Gasteiger partial charge in [-0.15, -0.1) is 0 Å². The quantitative estimate of drug-likeness (QED) is 0.135. The van der Waals surface area contributed by atoms with Crippen molar-refractivity contribution in [1.82, 2.24) is 9.55 Å². The average molecular weight is 1050 g/mol. The first-order chi connectivity index (χ1) is 38.9. The maximum Gasteiger partial charge on any atom is 0.181 e. The normalized spacial score (nSPS) is 13.6. The Hall–Kier alpha value is -9.23. The third-order valence-electron chi connectivity index (χ3n) is 16.7. The molecule has 0 amide bonds. The number of hydrogen-bond donors (Lipinski definition) is 0. The SMILES string of the molecule is CC(C)(C)c1ccc(-c2cccc(-c3ccccc3)c2N2CN(c3cccc(Oc4ccc5c6c7c(ccc6n(-c6cc(C(C)(C)C)ccn6)c5c4)-c4ccccc4[Si]7(c4ccccc4)c4ccccc4)c3)c3ccccc32)cc1. The van der Waals surface area contributed by atoms with Gasteiger partial charge in [-0.25, -0.2) is 4.98 Å². The zero-order valence-corrected chi connectivity index (χ0v) is 47.2. The van der Waals surface area contributed by atoms with Gasteiger partial charge in [-0.3, -0.25) is 4.57 Å². The number of pyridine rings is 1. The van der Waals surface area contributed by atoms with Crippen molar-refractivity contribution >= 4 is 73.4 Å². The highest BCUT2D eigenvalue weighted by Crippen LogP contribution is 2.51. The van der Waals surface area contributed by atoms with E-state index >= 15 is 0 Å². The van der Waals surface area contributed by atoms with Gasteiger partial charge in [0.05, 0.1) is 28.1 Å². The first-order valence-corrected chi connectivity index (χ1v) is 30.0. The van der Waals surface area contributed by atoms with Crippen LogP contribution >= 0.6 is 0 Å². The summed E-state index contributed by atoms with van der Waals surface area (Å²) in [7, 11) is -2.90. The minimum absolute atomic E-state index is 0.0529. The Morgan fingerprint density at radius 2 is 1.02 bits per heavy atom. The number of benzene rings is 10. The molecule has 4 heterocycles. The van der Waals surface area contributed by atoms with Crippen LogP contribution in [0.3, 0.4) is 0 Å². The Balaban J connectivity index is 0.904. The number of ether oxygens (including phenoxy) is 1. The molecule has 12 aromatic rings. The van der Waals surface area contributed by atoms with E-state index in [1.807, 2.05) is 6.20 Å². The van der Waals surface area contributed by atoms with Gasteiger partial charge in [0.15, 0.2) is 8.07 Å². The van der Waals surface area contributed by atoms with E-state index in [1.54, 1.807) is 0 Å². The predicted octanol–water partition coefficient (Wildman–Crippen LogP) is 16.5. The lowest BCUT2D eigenvalue weighted by Gasteiger charge is -2.32. The summed E-state index contributed by atoms with van der Waals surface area (Å²) < 4.78 is 9.48. The van der Waals surface area contributed by atoms with Gasteiger partial charge in [0.1, 0.15) is 24.0 Å². The van der Waals surface area contributed by atoms with Gasteiger partial charge in [0.25, 0.3) is 0 Å². The second-order valence-electron chi connectivity index (χ2n) is 23.6. The van der Waals surface area contributed by atoms with Crippen molar-refractivity contribution in [3.8, 4) is 50.7 Å². The average Bonchev–Trinajstić information content (AvgIpc) is 4.35. The van der Waals surface area contributed by atoms with Crippen molar-refractivity contribution < 1.29 is 4.74 Å². The van der Waals surface area contributed by atoms with Crippen LogP contribution in [0, 0.1) is 0 Å². The topological polar surface area (TPSA) is 33.5 Å². The van der Waals surface area contributed by atoms with Crippen LogP contribution in [-0.4, -0.2) is 24.3 Å². The first-order valence-electron chi connectivity index (χ1n) is 28.0. The minimum atomic E-state index is -2.90. The summed E-state index contributed by atoms with van der Waals surface area (Å²) in [6.07, 6.45) is 1.97. The molecular weight excluding hydrogens is 989 g/mol. The molecular formula is C74H62N4OSi. The molecule has 0 aliphatic carbocycles. The largest absolute Gasteiger partial charge is 0.457 e. The molecule has 2 aliphatic rings. The third kappa shape index (κ3) is 7.99. The smallest absolute Gasteiger partial charge is 0.181 e. The molecule has 0 unspecified atom stereocenters. The van der Waals surface area contributed by atoms with Gasteiger partial charge in [0.2, 0.25) is 0 Å². The number of aromatic nitrogens is 2. The van der Waals surface area contributed by atoms with Gasteiger partial charge in [-0.1, -0.05) is 224 Å². The van der Waals surface area contributed by atoms with Gasteiger partial charge in [0, 0.05) is 45.9 Å². The molecule has 5 nitrogen and oxygen atoms in total. The molecule has 80 heavy (non-hydrogen) atoms. The minimum Gasteiger partial charge on any atom is -0.457 e. The lowest BCUT2D eigenvalue weighted by molar-refractivity contribution is 0.483. The fourth-order valence-corrected chi connectivity index (χ4v) is 18.3. The van der Waals surface area contributed by atoms with Crippen molar-refractivity contribution in [3.05, 3.63) is 266 Å². The van der Waals surface area contributed by atoms with E-state index < -0.39 is 8.07 Å². The van der Waals surface area contributed by atoms with Crippen LogP contribution in [0.5, 0.6) is 11.5 Å². The van der Waals surface area contributed by atoms with Gasteiger partial charge < -0.3 is 14.5 Å². The molecule has 0 N–H and O–H groups in total. The van der Waals surface area contributed by atoms with Gasteiger partial charge >= 0.3 is 0 Å². The van der Waals surface area contributed by atoms with E-state index in [0.29, 0.717) is 6.67 Å². The Morgan fingerprint density at radius 3 is 1.71 bits per heavy atom. The molecule has 2 aliphatic heterocycles. The van der Waals surface area contributed by atoms with Gasteiger partial charge in [-0.2, -0.15) is 0 Å². The van der Waals surface area contributed by atoms with Crippen LogP contribution in [0.1, 0.15) is 52.7 Å². The van der Waals surface area contributed by atoms with Crippen molar-refractivity contribution in [2.75, 3.05) is 16.5 Å². The lowest BCUT2D eigenvalue weighted by Crippen LogP contribution is -2.72. The molecule has 2 aromatic heterocycles. The Morgan fingerprint density at radius 1 is 0.438 bits per heavy atom. The first kappa shape index (κ1) is 49.1. The summed E-state index contributed by atoms with van der Waals surface area (Å²) in [6, 6.07) is 91.7. The zero-order valence-electron chi connectivity index (χ0n) is 46.2. The van der Waals surface area contributed by atoms with Crippen molar-refractivity contribution in [1.29, 1.82) is 0 Å². The summed E-state index contributed by atoms with van der Waals surface area (Å²) in [6.45, 7) is 14.2. The Labute approximate surface area is 470 Å². The molecule has 388 valence electrons. The monoisotopic (exact) mass is 1050 g/mol. The Kier molecular flexibility index (Phi) is 11.7. The van der Waals surface area contributed by atoms with Crippen LogP contribution < -0.4 is 35.3 Å². The number of nitrogens with zero attached hydrogens (tertiary/aromatic N) is 4. The summed E-state index contributed by atoms with van der Waals surface area (Å²) >= 11 is 0. The zero-order chi connectivity index (χ0) is 54.3. The van der Waals surface area contributed by atoms with E-state index in [-0.39, 0.29) is 10.8 Å². The number of para-hydroxylation sites is 3. The Bertz CT molecular complexity index is 4290. The summed E-state index contributed by atoms with van der Waals surface area (Å²) in [5, 5.41) is 8.02. The van der Waals surface area contributed by atoms with Crippen molar-refractivity contribution in [2.24, 2.45) is 0 Å². The molecule has 0 bridgehead atoms. The van der Waals surface area contributed by atoms with Crippen LogP contribution in [0.25, 0.3) is 61.0 Å². The second kappa shape index (κ2) is 19.0. The molecule has 0 radical (unpaired) electrons. The third-order valence-corrected chi connectivity index (χ3v) is 21.6. The molecule has 0 saturated carbocycles. The maximum atomic E-state index is 7.10. The lowest BCUT2D eigenvalue weighted by atomic mass is 9.86. The summed E-state index contributed by atoms with van der Waals surface area (Å²) in [5.74, 6) is 2.39. The number of anilines is 4. The van der Waals surface area contributed by atoms with E-state index in [0.717, 1.165) is 45.4 Å². The number of fused-ring (bicyclic) bond motifs is 8. The molecule has 6 heteroatoms. The van der Waals surface area contributed by atoms with Crippen LogP contribution in [-0.2, 0) is 10.8 Å². The fourth-order valence-electron chi connectivity index (χ4n) is 12.9. The van der Waals surface area contributed by atoms with Crippen LogP contribution in [0.15, 0.2) is 255 Å². The predicted molar refractivity (Wildman–Crippen MR) is 338 cm³/mol. The number of rotatable bonds is 9. The standard InChI is InChI=1S/C74H62N4OSi/c1-73(2,3)52-38-36-51(37-39-52)60-32-21-31-59(50-22-10-7-11-23-50)71(60)77-49-76(64-33-17-18-34-65(64)77)54-24-20-25-55(47-54)79-56-40-41-63-67(48-56)78(69-46-53(44-45-75-69)74(4,5)6)66-43-42-62-61-30-16-19-35-68(61)80(72(62)70(63)66,57-26-12-8-13-27-57)58-28-14-9-15-29-58/h7-48H,49H2,1-6H3. The van der Waals surface area contributed by atoms with E-state index in [1.165, 1.54) is 81.7 Å². The van der Waals surface area contributed by atoms with Gasteiger partial charge in [-0.05, 0) is 120 Å². The molecule has 0 saturated heterocycles. The maximum absolute atomic E-state index is 7.10. The molecule has 0 spiro atoms. The summed E-state index contributed by atoms with van der Waals surface area (Å²) in [5.41, 5.74) is 16.6. The fraction of sp³-hybridized carbons (Fsp3) is 0.122. The molecule has 14 rings (SSSR count). The highest BCUT2D eigenvalue weighted by molar-refractivity contribution is 7.23. The molecule has 0 fully saturated rings. The summed E-state index contributed by atoms with van der Waals surface area (Å²) in [4.78, 5) is 10.1.